The van der Waals surface area contributed by atoms with Crippen molar-refractivity contribution in [2.24, 2.45) is 5.41 Å². The SMILES string of the molecule is CC(C)(C)C1CCNc2ccnn21. The van der Waals surface area contributed by atoms with Crippen molar-refractivity contribution in [2.75, 3.05) is 11.9 Å². The summed E-state index contributed by atoms with van der Waals surface area (Å²) in [4.78, 5) is 0. The Kier molecular flexibility index (Phi) is 1.82. The van der Waals surface area contributed by atoms with Crippen molar-refractivity contribution in [3.63, 3.8) is 0 Å². The van der Waals surface area contributed by atoms with E-state index in [1.54, 1.807) is 0 Å². The van der Waals surface area contributed by atoms with Crippen LogP contribution < -0.4 is 5.32 Å². The predicted octanol–water partition coefficient (Wildman–Crippen LogP) is 2.29. The second-order valence-electron chi connectivity index (χ2n) is 4.76. The number of anilines is 1. The van der Waals surface area contributed by atoms with Crippen molar-refractivity contribution < 1.29 is 0 Å². The summed E-state index contributed by atoms with van der Waals surface area (Å²) in [5.74, 6) is 1.16. The van der Waals surface area contributed by atoms with E-state index >= 15 is 0 Å². The van der Waals surface area contributed by atoms with Crippen molar-refractivity contribution in [3.8, 4) is 0 Å². The molecule has 1 N–H and O–H groups in total. The Hall–Kier alpha value is -0.990. The molecule has 0 saturated carbocycles. The van der Waals surface area contributed by atoms with E-state index < -0.39 is 0 Å². The average molecular weight is 179 g/mol. The number of rotatable bonds is 0. The van der Waals surface area contributed by atoms with E-state index in [2.05, 4.69) is 35.9 Å². The van der Waals surface area contributed by atoms with Crippen molar-refractivity contribution in [1.82, 2.24) is 9.78 Å². The third-order valence-corrected chi connectivity index (χ3v) is 2.69. The quantitative estimate of drug-likeness (QED) is 0.662. The molecule has 0 amide bonds. The first-order chi connectivity index (χ1) is 6.09. The monoisotopic (exact) mass is 179 g/mol. The Labute approximate surface area is 79.1 Å². The zero-order chi connectivity index (χ0) is 9.47. The molecule has 0 fully saturated rings. The molecule has 0 aliphatic carbocycles. The van der Waals surface area contributed by atoms with Gasteiger partial charge in [-0.1, -0.05) is 20.8 Å². The maximum atomic E-state index is 4.36. The van der Waals surface area contributed by atoms with Gasteiger partial charge in [0.1, 0.15) is 5.82 Å². The van der Waals surface area contributed by atoms with Crippen molar-refractivity contribution in [2.45, 2.75) is 33.2 Å². The largest absolute Gasteiger partial charge is 0.370 e. The molecule has 3 nitrogen and oxygen atoms in total. The summed E-state index contributed by atoms with van der Waals surface area (Å²) < 4.78 is 2.11. The summed E-state index contributed by atoms with van der Waals surface area (Å²) >= 11 is 0. The van der Waals surface area contributed by atoms with Gasteiger partial charge < -0.3 is 5.32 Å². The third kappa shape index (κ3) is 1.43. The molecule has 1 aromatic rings. The van der Waals surface area contributed by atoms with E-state index in [0.29, 0.717) is 11.5 Å². The van der Waals surface area contributed by atoms with E-state index in [9.17, 15) is 0 Å². The van der Waals surface area contributed by atoms with Crippen molar-refractivity contribution >= 4 is 5.82 Å². The Bertz CT molecular complexity index is 295. The number of aromatic nitrogens is 2. The lowest BCUT2D eigenvalue weighted by Gasteiger charge is -2.35. The van der Waals surface area contributed by atoms with Crippen LogP contribution in [0.4, 0.5) is 5.82 Å². The number of fused-ring (bicyclic) bond motifs is 1. The molecule has 13 heavy (non-hydrogen) atoms. The Morgan fingerprint density at radius 3 is 3.00 bits per heavy atom. The van der Waals surface area contributed by atoms with Crippen LogP contribution in [0.1, 0.15) is 33.2 Å². The first-order valence-corrected chi connectivity index (χ1v) is 4.86. The van der Waals surface area contributed by atoms with Gasteiger partial charge in [0.15, 0.2) is 0 Å². The van der Waals surface area contributed by atoms with Gasteiger partial charge in [-0.2, -0.15) is 5.10 Å². The van der Waals surface area contributed by atoms with E-state index in [4.69, 9.17) is 0 Å². The van der Waals surface area contributed by atoms with Crippen LogP contribution in [0, 0.1) is 5.41 Å². The van der Waals surface area contributed by atoms with E-state index in [1.807, 2.05) is 12.3 Å². The number of hydrogen-bond donors (Lipinski definition) is 1. The fraction of sp³-hybridized carbons (Fsp3) is 0.700. The molecule has 1 aliphatic heterocycles. The van der Waals surface area contributed by atoms with E-state index in [1.165, 1.54) is 0 Å². The normalized spacial score (nSPS) is 22.2. The molecular weight excluding hydrogens is 162 g/mol. The Morgan fingerprint density at radius 2 is 2.31 bits per heavy atom. The minimum atomic E-state index is 0.295. The van der Waals surface area contributed by atoms with Gasteiger partial charge in [-0.05, 0) is 11.8 Å². The van der Waals surface area contributed by atoms with Crippen molar-refractivity contribution in [3.05, 3.63) is 12.3 Å². The van der Waals surface area contributed by atoms with E-state index in [-0.39, 0.29) is 0 Å². The molecule has 1 unspecified atom stereocenters. The van der Waals surface area contributed by atoms with Crippen LogP contribution >= 0.6 is 0 Å². The zero-order valence-electron chi connectivity index (χ0n) is 8.54. The fourth-order valence-electron chi connectivity index (χ4n) is 1.96. The molecule has 1 atom stereocenters. The number of hydrogen-bond acceptors (Lipinski definition) is 2. The van der Waals surface area contributed by atoms with Crippen LogP contribution in [0.2, 0.25) is 0 Å². The molecule has 2 rings (SSSR count). The maximum absolute atomic E-state index is 4.36. The van der Waals surface area contributed by atoms with Crippen LogP contribution in [-0.2, 0) is 0 Å². The van der Waals surface area contributed by atoms with Crippen LogP contribution in [0.5, 0.6) is 0 Å². The molecule has 72 valence electrons. The highest BCUT2D eigenvalue weighted by atomic mass is 15.4. The molecule has 0 bridgehead atoms. The van der Waals surface area contributed by atoms with Gasteiger partial charge in [0, 0.05) is 12.6 Å². The van der Waals surface area contributed by atoms with Gasteiger partial charge in [0.05, 0.1) is 12.2 Å². The molecule has 0 spiro atoms. The number of nitrogens with zero attached hydrogens (tertiary/aromatic N) is 2. The highest BCUT2D eigenvalue weighted by molar-refractivity contribution is 5.36. The average Bonchev–Trinajstić information content (AvgIpc) is 2.48. The molecular formula is C10H17N3. The smallest absolute Gasteiger partial charge is 0.124 e. The molecule has 1 aliphatic rings. The lowest BCUT2D eigenvalue weighted by Crippen LogP contribution is -2.32. The van der Waals surface area contributed by atoms with Gasteiger partial charge in [0.2, 0.25) is 0 Å². The third-order valence-electron chi connectivity index (χ3n) is 2.69. The summed E-state index contributed by atoms with van der Waals surface area (Å²) in [6, 6.07) is 2.57. The summed E-state index contributed by atoms with van der Waals surface area (Å²) in [6.07, 6.45) is 3.03. The minimum Gasteiger partial charge on any atom is -0.370 e. The molecule has 0 saturated heterocycles. The molecule has 3 heteroatoms. The number of nitrogens with one attached hydrogen (secondary N) is 1. The van der Waals surface area contributed by atoms with Gasteiger partial charge >= 0.3 is 0 Å². The topological polar surface area (TPSA) is 29.9 Å². The predicted molar refractivity (Wildman–Crippen MR) is 53.8 cm³/mol. The van der Waals surface area contributed by atoms with Gasteiger partial charge in [-0.25, -0.2) is 4.68 Å². The summed E-state index contributed by atoms with van der Waals surface area (Å²) in [5.41, 5.74) is 0.295. The standard InChI is InChI=1S/C10H17N3/c1-10(2,3)8-4-6-11-9-5-7-12-13(8)9/h5,7-8,11H,4,6H2,1-3H3. The molecule has 2 heterocycles. The second-order valence-corrected chi connectivity index (χ2v) is 4.76. The lowest BCUT2D eigenvalue weighted by molar-refractivity contribution is 0.210. The van der Waals surface area contributed by atoms with E-state index in [0.717, 1.165) is 18.8 Å². The first-order valence-electron chi connectivity index (χ1n) is 4.86. The molecule has 0 aromatic carbocycles. The zero-order valence-corrected chi connectivity index (χ0v) is 8.54. The molecule has 1 aromatic heterocycles. The van der Waals surface area contributed by atoms with Gasteiger partial charge in [-0.15, -0.1) is 0 Å². The van der Waals surface area contributed by atoms with Crippen LogP contribution in [0.15, 0.2) is 12.3 Å². The minimum absolute atomic E-state index is 0.295. The maximum Gasteiger partial charge on any atom is 0.124 e. The Morgan fingerprint density at radius 1 is 1.54 bits per heavy atom. The van der Waals surface area contributed by atoms with Gasteiger partial charge in [0.25, 0.3) is 0 Å². The highest BCUT2D eigenvalue weighted by Crippen LogP contribution is 2.36. The molecule has 0 radical (unpaired) electrons. The summed E-state index contributed by atoms with van der Waals surface area (Å²) in [7, 11) is 0. The van der Waals surface area contributed by atoms with Crippen LogP contribution in [0.3, 0.4) is 0 Å². The Balaban J connectivity index is 2.35. The van der Waals surface area contributed by atoms with Crippen LogP contribution in [-0.4, -0.2) is 16.3 Å². The van der Waals surface area contributed by atoms with Crippen LogP contribution in [0.25, 0.3) is 0 Å². The summed E-state index contributed by atoms with van der Waals surface area (Å²) in [6.45, 7) is 7.88. The lowest BCUT2D eigenvalue weighted by atomic mass is 9.84. The second kappa shape index (κ2) is 2.76. The fourth-order valence-corrected chi connectivity index (χ4v) is 1.96. The van der Waals surface area contributed by atoms with Crippen molar-refractivity contribution in [1.29, 1.82) is 0 Å². The van der Waals surface area contributed by atoms with Gasteiger partial charge in [-0.3, -0.25) is 0 Å². The highest BCUT2D eigenvalue weighted by Gasteiger charge is 2.30. The summed E-state index contributed by atoms with van der Waals surface area (Å²) in [5, 5.41) is 7.70. The first kappa shape index (κ1) is 8.60.